The van der Waals surface area contributed by atoms with Crippen LogP contribution in [0.15, 0.2) is 22.8 Å². The van der Waals surface area contributed by atoms with Gasteiger partial charge in [-0.3, -0.25) is 9.59 Å². The smallest absolute Gasteiger partial charge is 0.271 e. The van der Waals surface area contributed by atoms with Crippen LogP contribution in [0, 0.1) is 0 Å². The van der Waals surface area contributed by atoms with Gasteiger partial charge in [0.25, 0.3) is 5.91 Å². The summed E-state index contributed by atoms with van der Waals surface area (Å²) in [6.07, 6.45) is 11.9. The Morgan fingerprint density at radius 2 is 1.97 bits per heavy atom. The number of nitrogens with one attached hydrogen (secondary N) is 1. The Balaban J connectivity index is 1.56. The number of fused-ring (bicyclic) bond motifs is 3. The zero-order valence-electron chi connectivity index (χ0n) is 19.5. The van der Waals surface area contributed by atoms with Crippen LogP contribution in [0.5, 0.6) is 0 Å². The largest absolute Gasteiger partial charge is 0.463 e. The first kappa shape index (κ1) is 23.3. The van der Waals surface area contributed by atoms with Crippen LogP contribution < -0.4 is 5.32 Å². The van der Waals surface area contributed by atoms with Crippen LogP contribution in [-0.2, 0) is 11.3 Å². The summed E-state index contributed by atoms with van der Waals surface area (Å²) in [4.78, 5) is 29.2. The zero-order chi connectivity index (χ0) is 22.6. The first-order valence-corrected chi connectivity index (χ1v) is 13.5. The molecule has 1 aliphatic heterocycles. The van der Waals surface area contributed by atoms with Gasteiger partial charge in [-0.1, -0.05) is 39.0 Å². The molecule has 4 rings (SSSR count). The van der Waals surface area contributed by atoms with Gasteiger partial charge in [0.05, 0.1) is 18.3 Å². The lowest BCUT2D eigenvalue weighted by molar-refractivity contribution is -0.133. The molecule has 7 heteroatoms. The van der Waals surface area contributed by atoms with Crippen LogP contribution in [0.25, 0.3) is 11.1 Å². The van der Waals surface area contributed by atoms with E-state index in [4.69, 9.17) is 4.42 Å². The number of furan rings is 1. The molecule has 6 nitrogen and oxygen atoms in total. The van der Waals surface area contributed by atoms with Crippen molar-refractivity contribution in [2.24, 2.45) is 0 Å². The van der Waals surface area contributed by atoms with Crippen molar-refractivity contribution in [3.63, 3.8) is 0 Å². The number of hydrogen-bond donors (Lipinski definition) is 1. The third-order valence-corrected chi connectivity index (χ3v) is 8.27. The molecule has 3 heterocycles. The number of thioether (sulfide) groups is 1. The normalized spacial score (nSPS) is 22.6. The first-order chi connectivity index (χ1) is 15.5. The second-order valence-electron chi connectivity index (χ2n) is 9.50. The van der Waals surface area contributed by atoms with E-state index in [2.05, 4.69) is 12.2 Å². The zero-order valence-corrected chi connectivity index (χ0v) is 20.3. The van der Waals surface area contributed by atoms with Crippen molar-refractivity contribution in [3.05, 3.63) is 24.1 Å². The second kappa shape index (κ2) is 10.4. The lowest BCUT2D eigenvalue weighted by Gasteiger charge is -2.44. The summed E-state index contributed by atoms with van der Waals surface area (Å²) in [5, 5.41) is 3.35. The van der Waals surface area contributed by atoms with E-state index in [-0.39, 0.29) is 17.9 Å². The van der Waals surface area contributed by atoms with Gasteiger partial charge in [0, 0.05) is 24.7 Å². The summed E-state index contributed by atoms with van der Waals surface area (Å²) in [5.74, 6) is 2.04. The third kappa shape index (κ3) is 4.73. The molecular weight excluding hydrogens is 422 g/mol. The number of amides is 2. The molecule has 1 atom stereocenters. The van der Waals surface area contributed by atoms with Crippen LogP contribution in [-0.4, -0.2) is 50.9 Å². The van der Waals surface area contributed by atoms with Gasteiger partial charge in [-0.05, 0) is 44.1 Å². The molecule has 2 aromatic rings. The minimum atomic E-state index is -0.912. The summed E-state index contributed by atoms with van der Waals surface area (Å²) in [7, 11) is 0. The molecule has 2 amide bonds. The Morgan fingerprint density at radius 1 is 1.22 bits per heavy atom. The van der Waals surface area contributed by atoms with E-state index in [9.17, 15) is 9.59 Å². The van der Waals surface area contributed by atoms with Crippen LogP contribution in [0.3, 0.4) is 0 Å². The summed E-state index contributed by atoms with van der Waals surface area (Å²) in [6, 6.07) is 3.91. The monoisotopic (exact) mass is 459 g/mol. The summed E-state index contributed by atoms with van der Waals surface area (Å²) in [6.45, 7) is 5.17. The molecule has 32 heavy (non-hydrogen) atoms. The summed E-state index contributed by atoms with van der Waals surface area (Å²) in [5.41, 5.74) is 1.30. The van der Waals surface area contributed by atoms with E-state index in [1.54, 1.807) is 6.26 Å². The molecule has 176 valence electrons. The lowest BCUT2D eigenvalue weighted by atomic mass is 9.92. The Labute approximate surface area is 195 Å². The Kier molecular flexibility index (Phi) is 7.54. The van der Waals surface area contributed by atoms with Crippen molar-refractivity contribution in [2.75, 3.05) is 18.1 Å². The minimum Gasteiger partial charge on any atom is -0.463 e. The van der Waals surface area contributed by atoms with E-state index in [0.29, 0.717) is 24.4 Å². The van der Waals surface area contributed by atoms with Crippen LogP contribution in [0.1, 0.15) is 82.1 Å². The van der Waals surface area contributed by atoms with Crippen molar-refractivity contribution in [1.82, 2.24) is 14.8 Å². The van der Waals surface area contributed by atoms with Gasteiger partial charge in [0.15, 0.2) is 5.58 Å². The van der Waals surface area contributed by atoms with Crippen LogP contribution in [0.2, 0.25) is 0 Å². The molecule has 1 fully saturated rings. The number of rotatable bonds is 8. The Hall–Kier alpha value is -1.89. The highest BCUT2D eigenvalue weighted by Crippen LogP contribution is 2.33. The SMILES string of the molecule is CCCSCCCN1C(=O)c2cc3occc3n2C[C@@]1(C)C(=O)NC1CCCCCCC1. The predicted molar refractivity (Wildman–Crippen MR) is 130 cm³/mol. The van der Waals surface area contributed by atoms with E-state index in [1.165, 1.54) is 19.3 Å². The molecule has 2 aliphatic rings. The fourth-order valence-electron chi connectivity index (χ4n) is 5.14. The lowest BCUT2D eigenvalue weighted by Crippen LogP contribution is -2.65. The highest BCUT2D eigenvalue weighted by molar-refractivity contribution is 7.99. The number of carbonyl (C=O) groups excluding carboxylic acids is 2. The maximum absolute atomic E-state index is 13.7. The van der Waals surface area contributed by atoms with Gasteiger partial charge in [-0.25, -0.2) is 0 Å². The van der Waals surface area contributed by atoms with E-state index in [1.807, 2.05) is 40.3 Å². The average molecular weight is 460 g/mol. The molecule has 0 spiro atoms. The quantitative estimate of drug-likeness (QED) is 0.550. The van der Waals surface area contributed by atoms with E-state index in [0.717, 1.165) is 55.5 Å². The van der Waals surface area contributed by atoms with Gasteiger partial charge in [-0.15, -0.1) is 0 Å². The van der Waals surface area contributed by atoms with E-state index < -0.39 is 5.54 Å². The molecule has 1 N–H and O–H groups in total. The predicted octanol–water partition coefficient (Wildman–Crippen LogP) is 5.21. The third-order valence-electron chi connectivity index (χ3n) is 7.00. The fraction of sp³-hybridized carbons (Fsp3) is 0.680. The number of aromatic nitrogens is 1. The van der Waals surface area contributed by atoms with Crippen molar-refractivity contribution in [3.8, 4) is 0 Å². The Bertz CT molecular complexity index is 928. The molecule has 0 radical (unpaired) electrons. The average Bonchev–Trinajstić information content (AvgIpc) is 3.34. The fourth-order valence-corrected chi connectivity index (χ4v) is 5.96. The highest BCUT2D eigenvalue weighted by atomic mass is 32.2. The maximum atomic E-state index is 13.7. The van der Waals surface area contributed by atoms with Crippen LogP contribution >= 0.6 is 11.8 Å². The second-order valence-corrected chi connectivity index (χ2v) is 10.7. The molecule has 1 aliphatic carbocycles. The molecule has 0 unspecified atom stereocenters. The summed E-state index contributed by atoms with van der Waals surface area (Å²) < 4.78 is 7.53. The number of nitrogens with zero attached hydrogens (tertiary/aromatic N) is 2. The van der Waals surface area contributed by atoms with Gasteiger partial charge in [0.1, 0.15) is 11.2 Å². The number of hydrogen-bond acceptors (Lipinski definition) is 4. The van der Waals surface area contributed by atoms with Gasteiger partial charge < -0.3 is 19.2 Å². The van der Waals surface area contributed by atoms with Gasteiger partial charge >= 0.3 is 0 Å². The molecule has 2 aromatic heterocycles. The van der Waals surface area contributed by atoms with Gasteiger partial charge in [-0.2, -0.15) is 11.8 Å². The highest BCUT2D eigenvalue weighted by Gasteiger charge is 2.48. The molecule has 0 saturated heterocycles. The topological polar surface area (TPSA) is 67.5 Å². The summed E-state index contributed by atoms with van der Waals surface area (Å²) >= 11 is 1.92. The van der Waals surface area contributed by atoms with E-state index >= 15 is 0 Å². The van der Waals surface area contributed by atoms with Crippen molar-refractivity contribution in [2.45, 2.75) is 89.8 Å². The standard InChI is InChI=1S/C25H37N3O3S/c1-3-15-32-16-9-13-28-23(29)21-17-22-20(12-14-31-22)27(21)18-25(28,2)24(30)26-19-10-7-5-4-6-8-11-19/h12,14,17,19H,3-11,13,15-16,18H2,1-2H3,(H,26,30)/t25-/m0/s1. The molecule has 1 saturated carbocycles. The van der Waals surface area contributed by atoms with Crippen molar-refractivity contribution >= 4 is 34.7 Å². The van der Waals surface area contributed by atoms with Crippen LogP contribution in [0.4, 0.5) is 0 Å². The maximum Gasteiger partial charge on any atom is 0.271 e. The molecule has 0 bridgehead atoms. The first-order valence-electron chi connectivity index (χ1n) is 12.3. The molecular formula is C25H37N3O3S. The minimum absolute atomic E-state index is 0.0198. The number of carbonyl (C=O) groups is 2. The van der Waals surface area contributed by atoms with Crippen molar-refractivity contribution in [1.29, 1.82) is 0 Å². The van der Waals surface area contributed by atoms with Crippen molar-refractivity contribution < 1.29 is 14.0 Å². The Morgan fingerprint density at radius 3 is 2.72 bits per heavy atom. The van der Waals surface area contributed by atoms with Gasteiger partial charge in [0.2, 0.25) is 5.91 Å². The molecule has 0 aromatic carbocycles.